The fraction of sp³-hybridized carbons (Fsp3) is 0.333. The SMILES string of the molecule is CC1(C)CON(Cc2cc(-c3ccc(C(F)(F)F)cn3)ccc2Cl)C1=O. The van der Waals surface area contributed by atoms with Crippen molar-refractivity contribution in [3.63, 3.8) is 0 Å². The van der Waals surface area contributed by atoms with Crippen LogP contribution in [-0.2, 0) is 22.4 Å². The Hall–Kier alpha value is -2.12. The molecule has 1 amide bonds. The molecule has 8 heteroatoms. The van der Waals surface area contributed by atoms with E-state index in [1.54, 1.807) is 32.0 Å². The number of hydroxylamine groups is 2. The molecule has 0 bridgehead atoms. The Balaban J connectivity index is 1.85. The summed E-state index contributed by atoms with van der Waals surface area (Å²) in [4.78, 5) is 21.6. The first-order valence-electron chi connectivity index (χ1n) is 7.85. The third-order valence-electron chi connectivity index (χ3n) is 4.13. The summed E-state index contributed by atoms with van der Waals surface area (Å²) in [5.74, 6) is -0.147. The van der Waals surface area contributed by atoms with Crippen LogP contribution >= 0.6 is 11.6 Å². The molecule has 2 heterocycles. The van der Waals surface area contributed by atoms with Crippen LogP contribution in [0.1, 0.15) is 25.0 Å². The van der Waals surface area contributed by atoms with Gasteiger partial charge in [-0.05, 0) is 43.7 Å². The second-order valence-electron chi connectivity index (χ2n) is 6.74. The van der Waals surface area contributed by atoms with E-state index in [-0.39, 0.29) is 19.1 Å². The molecule has 0 unspecified atom stereocenters. The Morgan fingerprint density at radius 3 is 2.54 bits per heavy atom. The average molecular weight is 385 g/mol. The molecule has 0 spiro atoms. The van der Waals surface area contributed by atoms with E-state index in [0.717, 1.165) is 12.3 Å². The summed E-state index contributed by atoms with van der Waals surface area (Å²) in [7, 11) is 0. The predicted molar refractivity (Wildman–Crippen MR) is 90.0 cm³/mol. The molecular formula is C18H16ClF3N2O2. The molecule has 0 saturated carbocycles. The van der Waals surface area contributed by atoms with Crippen molar-refractivity contribution in [3.05, 3.63) is 52.7 Å². The van der Waals surface area contributed by atoms with Gasteiger partial charge in [0.15, 0.2) is 0 Å². The standard InChI is InChI=1S/C18H16ClF3N2O2/c1-17(2)10-26-24(16(17)25)9-12-7-11(3-5-14(12)19)15-6-4-13(8-23-15)18(20,21)22/h3-8H,9-10H2,1-2H3. The maximum absolute atomic E-state index is 12.7. The predicted octanol–water partition coefficient (Wildman–Crippen LogP) is 4.72. The first-order valence-corrected chi connectivity index (χ1v) is 8.23. The van der Waals surface area contributed by atoms with Crippen LogP contribution in [0.4, 0.5) is 13.2 Å². The largest absolute Gasteiger partial charge is 0.417 e. The van der Waals surface area contributed by atoms with E-state index < -0.39 is 17.2 Å². The van der Waals surface area contributed by atoms with Gasteiger partial charge in [-0.2, -0.15) is 13.2 Å². The lowest BCUT2D eigenvalue weighted by molar-refractivity contribution is -0.165. The summed E-state index contributed by atoms with van der Waals surface area (Å²) in [5, 5.41) is 1.69. The lowest BCUT2D eigenvalue weighted by Crippen LogP contribution is -2.30. The highest BCUT2D eigenvalue weighted by Gasteiger charge is 2.40. The summed E-state index contributed by atoms with van der Waals surface area (Å²) in [5.41, 5.74) is 0.193. The molecule has 0 N–H and O–H groups in total. The van der Waals surface area contributed by atoms with E-state index in [2.05, 4.69) is 4.98 Å². The van der Waals surface area contributed by atoms with E-state index in [1.165, 1.54) is 11.1 Å². The maximum Gasteiger partial charge on any atom is 0.417 e. The van der Waals surface area contributed by atoms with Crippen LogP contribution in [-0.4, -0.2) is 22.6 Å². The van der Waals surface area contributed by atoms with Crippen molar-refractivity contribution >= 4 is 17.5 Å². The maximum atomic E-state index is 12.7. The smallest absolute Gasteiger partial charge is 0.272 e. The molecule has 1 aliphatic heterocycles. The van der Waals surface area contributed by atoms with E-state index in [4.69, 9.17) is 16.4 Å². The lowest BCUT2D eigenvalue weighted by Gasteiger charge is -2.17. The van der Waals surface area contributed by atoms with Crippen molar-refractivity contribution < 1.29 is 22.8 Å². The summed E-state index contributed by atoms with van der Waals surface area (Å²) >= 11 is 6.20. The minimum atomic E-state index is -4.43. The molecular weight excluding hydrogens is 369 g/mol. The number of hydrogen-bond acceptors (Lipinski definition) is 3. The fourth-order valence-electron chi connectivity index (χ4n) is 2.56. The average Bonchev–Trinajstić information content (AvgIpc) is 2.83. The zero-order valence-electron chi connectivity index (χ0n) is 14.1. The van der Waals surface area contributed by atoms with E-state index in [1.807, 2.05) is 0 Å². The number of aromatic nitrogens is 1. The molecule has 1 aliphatic rings. The van der Waals surface area contributed by atoms with Crippen molar-refractivity contribution in [1.29, 1.82) is 0 Å². The van der Waals surface area contributed by atoms with Crippen molar-refractivity contribution in [2.45, 2.75) is 26.6 Å². The number of halogens is 4. The number of rotatable bonds is 3. The quantitative estimate of drug-likeness (QED) is 0.769. The topological polar surface area (TPSA) is 42.4 Å². The number of carbonyl (C=O) groups excluding carboxylic acids is 1. The molecule has 1 aromatic carbocycles. The highest BCUT2D eigenvalue weighted by Crippen LogP contribution is 2.32. The van der Waals surface area contributed by atoms with Gasteiger partial charge in [0.25, 0.3) is 5.91 Å². The zero-order chi connectivity index (χ0) is 19.1. The summed E-state index contributed by atoms with van der Waals surface area (Å²) in [6, 6.07) is 7.26. The van der Waals surface area contributed by atoms with Gasteiger partial charge in [0.1, 0.15) is 0 Å². The monoisotopic (exact) mass is 384 g/mol. The molecule has 0 radical (unpaired) electrons. The van der Waals surface area contributed by atoms with E-state index in [9.17, 15) is 18.0 Å². The van der Waals surface area contributed by atoms with Crippen molar-refractivity contribution in [2.75, 3.05) is 6.61 Å². The third kappa shape index (κ3) is 3.68. The number of alkyl halides is 3. The van der Waals surface area contributed by atoms with Crippen molar-refractivity contribution in [1.82, 2.24) is 10.0 Å². The molecule has 4 nitrogen and oxygen atoms in total. The first kappa shape index (κ1) is 18.7. The Labute approximate surface area is 153 Å². The van der Waals surface area contributed by atoms with Gasteiger partial charge in [-0.15, -0.1) is 0 Å². The summed E-state index contributed by atoms with van der Waals surface area (Å²) in [6.45, 7) is 4.01. The fourth-order valence-corrected chi connectivity index (χ4v) is 2.73. The minimum Gasteiger partial charge on any atom is -0.272 e. The Morgan fingerprint density at radius 2 is 2.00 bits per heavy atom. The van der Waals surface area contributed by atoms with Gasteiger partial charge in [-0.3, -0.25) is 14.6 Å². The Morgan fingerprint density at radius 1 is 1.27 bits per heavy atom. The summed E-state index contributed by atoms with van der Waals surface area (Å²) < 4.78 is 38.0. The summed E-state index contributed by atoms with van der Waals surface area (Å²) in [6.07, 6.45) is -3.64. The second kappa shape index (κ2) is 6.55. The van der Waals surface area contributed by atoms with E-state index in [0.29, 0.717) is 21.8 Å². The van der Waals surface area contributed by atoms with Crippen LogP contribution in [0.3, 0.4) is 0 Å². The molecule has 1 saturated heterocycles. The van der Waals surface area contributed by atoms with Crippen LogP contribution in [0.15, 0.2) is 36.5 Å². The molecule has 138 valence electrons. The van der Waals surface area contributed by atoms with Crippen LogP contribution in [0.5, 0.6) is 0 Å². The highest BCUT2D eigenvalue weighted by atomic mass is 35.5. The number of amides is 1. The molecule has 0 atom stereocenters. The van der Waals surface area contributed by atoms with Crippen LogP contribution in [0.2, 0.25) is 5.02 Å². The van der Waals surface area contributed by atoms with E-state index >= 15 is 0 Å². The van der Waals surface area contributed by atoms with Gasteiger partial charge in [0.05, 0.1) is 29.8 Å². The van der Waals surface area contributed by atoms with Crippen LogP contribution < -0.4 is 0 Å². The van der Waals surface area contributed by atoms with Crippen LogP contribution in [0, 0.1) is 5.41 Å². The van der Waals surface area contributed by atoms with Gasteiger partial charge in [-0.1, -0.05) is 17.7 Å². The van der Waals surface area contributed by atoms with Gasteiger partial charge in [-0.25, -0.2) is 5.06 Å². The zero-order valence-corrected chi connectivity index (χ0v) is 14.9. The first-order chi connectivity index (χ1) is 12.1. The van der Waals surface area contributed by atoms with Crippen molar-refractivity contribution in [3.8, 4) is 11.3 Å². The normalized spacial score (nSPS) is 17.0. The number of nitrogens with zero attached hydrogens (tertiary/aromatic N) is 2. The number of hydrogen-bond donors (Lipinski definition) is 0. The van der Waals surface area contributed by atoms with Gasteiger partial charge in [0.2, 0.25) is 0 Å². The Kier molecular flexibility index (Phi) is 4.71. The lowest BCUT2D eigenvalue weighted by atomic mass is 9.95. The second-order valence-corrected chi connectivity index (χ2v) is 7.14. The molecule has 26 heavy (non-hydrogen) atoms. The van der Waals surface area contributed by atoms with Crippen molar-refractivity contribution in [2.24, 2.45) is 5.41 Å². The van der Waals surface area contributed by atoms with Crippen LogP contribution in [0.25, 0.3) is 11.3 Å². The third-order valence-corrected chi connectivity index (χ3v) is 4.50. The van der Waals surface area contributed by atoms with Gasteiger partial charge in [0, 0.05) is 16.8 Å². The van der Waals surface area contributed by atoms with Gasteiger partial charge >= 0.3 is 6.18 Å². The molecule has 3 rings (SSSR count). The number of pyridine rings is 1. The minimum absolute atomic E-state index is 0.147. The molecule has 0 aliphatic carbocycles. The molecule has 1 aromatic heterocycles. The van der Waals surface area contributed by atoms with Gasteiger partial charge < -0.3 is 0 Å². The highest BCUT2D eigenvalue weighted by molar-refractivity contribution is 6.31. The number of carbonyl (C=O) groups is 1. The number of benzene rings is 1. The molecule has 2 aromatic rings. The Bertz CT molecular complexity index is 835. The molecule has 1 fully saturated rings.